The summed E-state index contributed by atoms with van der Waals surface area (Å²) >= 11 is 0. The van der Waals surface area contributed by atoms with Gasteiger partial charge in [0.1, 0.15) is 11.6 Å². The first-order chi connectivity index (χ1) is 18.5. The van der Waals surface area contributed by atoms with Crippen molar-refractivity contribution >= 4 is 22.7 Å². The number of carbonyl (C=O) groups excluding carboxylic acids is 1. The number of hydrogen-bond acceptors (Lipinski definition) is 8. The van der Waals surface area contributed by atoms with Crippen LogP contribution < -0.4 is 19.9 Å². The van der Waals surface area contributed by atoms with Crippen molar-refractivity contribution in [1.82, 2.24) is 15.0 Å². The van der Waals surface area contributed by atoms with Crippen molar-refractivity contribution in [2.45, 2.75) is 6.92 Å². The zero-order valence-corrected chi connectivity index (χ0v) is 23.1. The Morgan fingerprint density at radius 1 is 1.00 bits per heavy atom. The number of nitrogens with two attached hydrogens (primary N) is 1. The number of fused-ring (bicyclic) bond motifs is 1. The molecule has 0 radical (unpaired) electrons. The van der Waals surface area contributed by atoms with E-state index >= 15 is 0 Å². The molecule has 0 aliphatic carbocycles. The van der Waals surface area contributed by atoms with E-state index in [0.29, 0.717) is 28.7 Å². The molecule has 5 aromatic rings. The molecule has 0 aliphatic rings. The molecule has 3 aromatic carbocycles. The Hall–Kier alpha value is -4.49. The maximum atomic E-state index is 11.9. The van der Waals surface area contributed by atoms with Gasteiger partial charge in [0.15, 0.2) is 11.5 Å². The number of carbonyl (C=O) groups is 1. The zero-order valence-electron chi connectivity index (χ0n) is 21.3. The van der Waals surface area contributed by atoms with E-state index < -0.39 is 5.97 Å². The fraction of sp³-hybridized carbons (Fsp3) is 0.103. The first-order valence-electron chi connectivity index (χ1n) is 11.2. The second kappa shape index (κ2) is 15.1. The average Bonchev–Trinajstić information content (AvgIpc) is 3.50. The van der Waals surface area contributed by atoms with Crippen molar-refractivity contribution in [1.29, 1.82) is 0 Å². The monoisotopic (exact) mass is 610 g/mol. The fourth-order valence-electron chi connectivity index (χ4n) is 3.46. The zero-order chi connectivity index (χ0) is 27.5. The minimum absolute atomic E-state index is 0. The average molecular weight is 610 g/mol. The number of hydrogen-bond donors (Lipinski definition) is 1. The Kier molecular flexibility index (Phi) is 11.9. The summed E-state index contributed by atoms with van der Waals surface area (Å²) in [5.74, 6) is 1.91. The van der Waals surface area contributed by atoms with Crippen LogP contribution in [0.5, 0.6) is 17.2 Å². The van der Waals surface area contributed by atoms with E-state index in [9.17, 15) is 4.79 Å². The molecule has 9 nitrogen and oxygen atoms in total. The summed E-state index contributed by atoms with van der Waals surface area (Å²) in [6.45, 7) is 6.32. The molecule has 10 heteroatoms. The first kappa shape index (κ1) is 30.7. The topological polar surface area (TPSA) is 129 Å². The number of benzene rings is 2. The number of methoxy groups -OCH3 is 2. The van der Waals surface area contributed by atoms with Gasteiger partial charge < -0.3 is 24.9 Å². The van der Waals surface area contributed by atoms with E-state index in [2.05, 4.69) is 27.7 Å². The van der Waals surface area contributed by atoms with E-state index in [-0.39, 0.29) is 25.2 Å². The number of esters is 1. The predicted octanol–water partition coefficient (Wildman–Crippen LogP) is 4.98. The number of nitrogens with zero attached hydrogens (tertiary/aromatic N) is 3. The van der Waals surface area contributed by atoms with Gasteiger partial charge in [-0.2, -0.15) is 12.1 Å². The van der Waals surface area contributed by atoms with Crippen LogP contribution in [-0.2, 0) is 24.1 Å². The molecule has 0 spiro atoms. The Morgan fingerprint density at radius 3 is 2.26 bits per heavy atom. The summed E-state index contributed by atoms with van der Waals surface area (Å²) in [5, 5.41) is 0.833. The van der Waals surface area contributed by atoms with Crippen LogP contribution in [0.1, 0.15) is 16.2 Å². The molecule has 39 heavy (non-hydrogen) atoms. The number of aryl methyl sites for hydroxylation is 1. The van der Waals surface area contributed by atoms with Gasteiger partial charge in [-0.1, -0.05) is 23.8 Å². The number of aromatic nitrogens is 3. The molecule has 0 bridgehead atoms. The van der Waals surface area contributed by atoms with E-state index in [4.69, 9.17) is 24.6 Å². The number of para-hydroxylation sites is 1. The second-order valence-corrected chi connectivity index (χ2v) is 7.57. The molecule has 0 saturated heterocycles. The third-order valence-electron chi connectivity index (χ3n) is 5.19. The third kappa shape index (κ3) is 7.75. The van der Waals surface area contributed by atoms with E-state index in [1.54, 1.807) is 48.7 Å². The molecule has 0 fully saturated rings. The number of anilines is 1. The number of ether oxygens (including phenoxy) is 3. The molecule has 200 valence electrons. The van der Waals surface area contributed by atoms with Gasteiger partial charge in [0, 0.05) is 25.7 Å². The number of nitrogen functional groups attached to an aromatic ring is 1. The summed E-state index contributed by atoms with van der Waals surface area (Å²) in [6, 6.07) is 24.8. The molecule has 0 atom stereocenters. The fourth-order valence-corrected chi connectivity index (χ4v) is 3.46. The predicted molar refractivity (Wildman–Crippen MR) is 141 cm³/mol. The number of pyridine rings is 1. The van der Waals surface area contributed by atoms with Crippen LogP contribution in [0.25, 0.3) is 22.2 Å². The van der Waals surface area contributed by atoms with Crippen LogP contribution in [0.15, 0.2) is 79.0 Å². The quantitative estimate of drug-likeness (QED) is 0.0971. The van der Waals surface area contributed by atoms with Crippen molar-refractivity contribution < 1.29 is 43.1 Å². The van der Waals surface area contributed by atoms with Crippen LogP contribution in [0, 0.1) is 19.6 Å². The van der Waals surface area contributed by atoms with E-state index in [1.807, 2.05) is 37.3 Å². The van der Waals surface area contributed by atoms with Crippen LogP contribution in [0.4, 0.5) is 5.82 Å². The Bertz CT molecular complexity index is 1500. The second-order valence-electron chi connectivity index (χ2n) is 7.57. The largest absolute Gasteiger partial charge is 0 e. The third-order valence-corrected chi connectivity index (χ3v) is 5.19. The number of rotatable bonds is 5. The van der Waals surface area contributed by atoms with Gasteiger partial charge in [-0.3, -0.25) is 9.78 Å². The van der Waals surface area contributed by atoms with Gasteiger partial charge in [-0.05, 0) is 41.7 Å². The van der Waals surface area contributed by atoms with Gasteiger partial charge in [-0.15, -0.1) is 23.8 Å². The van der Waals surface area contributed by atoms with Crippen LogP contribution in [-0.4, -0.2) is 35.1 Å². The van der Waals surface area contributed by atoms with Crippen LogP contribution in [0.2, 0.25) is 0 Å². The molecule has 0 amide bonds. The molecule has 0 aliphatic heterocycles. The van der Waals surface area contributed by atoms with Gasteiger partial charge >= 0.3 is 11.3 Å². The summed E-state index contributed by atoms with van der Waals surface area (Å²) in [4.78, 5) is 24.7. The molecule has 2 heterocycles. The maximum Gasteiger partial charge on any atom is 0 e. The van der Waals surface area contributed by atoms with Crippen molar-refractivity contribution in [3.05, 3.63) is 103 Å². The van der Waals surface area contributed by atoms with Crippen LogP contribution >= 0.6 is 0 Å². The van der Waals surface area contributed by atoms with Gasteiger partial charge in [0.05, 0.1) is 14.2 Å². The smallest absolute Gasteiger partial charge is 0 e. The first-order valence-corrected chi connectivity index (χ1v) is 11.2. The van der Waals surface area contributed by atoms with Crippen LogP contribution in [0.3, 0.4) is 0 Å². The standard InChI is InChI=1S/C14H11N4.C14H13O4.CO.Ru/c1-9-17-13-6-5-10(8-11(13)14(15)18-9)12-4-2-3-7-16-12;1-16-11-8-5-9-12(17-2)13(11)18-14(15)10-6-3-4-7-10;1-2;/h2-4,6-8H,1H3,(H2,15,17,18);3-9H,1-2H3;;/q2*-1;;. The normalized spacial score (nSPS) is 9.56. The Morgan fingerprint density at radius 2 is 1.67 bits per heavy atom. The van der Waals surface area contributed by atoms with Crippen molar-refractivity contribution in [3.8, 4) is 28.5 Å². The van der Waals surface area contributed by atoms with Gasteiger partial charge in [-0.25, -0.2) is 17.1 Å². The molecular weight excluding hydrogens is 585 g/mol. The molecule has 2 aromatic heterocycles. The minimum atomic E-state index is -0.442. The summed E-state index contributed by atoms with van der Waals surface area (Å²) in [7, 11) is 3.02. The van der Waals surface area contributed by atoms with Gasteiger partial charge in [0.2, 0.25) is 5.75 Å². The molecule has 0 saturated carbocycles. The maximum absolute atomic E-state index is 11.9. The van der Waals surface area contributed by atoms with E-state index in [1.165, 1.54) is 14.2 Å². The summed E-state index contributed by atoms with van der Waals surface area (Å²) in [5.41, 5.74) is 8.96. The Labute approximate surface area is 238 Å². The molecule has 2 N–H and O–H groups in total. The van der Waals surface area contributed by atoms with Crippen molar-refractivity contribution in [2.24, 2.45) is 0 Å². The SMILES string of the molecule is COc1cccc(OC)c1OC(=O)[c-]1cccc1.Cc1nc(N)c2cc(-c3ccccn3)[c-]cc2n1.[C-]#[O+].[Ru]. The summed E-state index contributed by atoms with van der Waals surface area (Å²) in [6.07, 6.45) is 1.75. The molecule has 0 unspecified atom stereocenters. The molecular formula is C29H24N4O5Ru-2. The van der Waals surface area contributed by atoms with E-state index in [0.717, 1.165) is 22.2 Å². The minimum Gasteiger partial charge on any atom is 0 e. The van der Waals surface area contributed by atoms with Crippen molar-refractivity contribution in [2.75, 3.05) is 20.0 Å². The Balaban J connectivity index is 0.000000251. The van der Waals surface area contributed by atoms with Gasteiger partial charge in [0.25, 0.3) is 5.97 Å². The summed E-state index contributed by atoms with van der Waals surface area (Å²) < 4.78 is 23.1. The molecule has 5 rings (SSSR count). The van der Waals surface area contributed by atoms with Crippen molar-refractivity contribution in [3.63, 3.8) is 0 Å².